The van der Waals surface area contributed by atoms with Crippen molar-refractivity contribution in [1.82, 2.24) is 0 Å². The highest BCUT2D eigenvalue weighted by molar-refractivity contribution is 5.99. The second-order valence-electron chi connectivity index (χ2n) is 4.57. The Balaban J connectivity index is 1.68. The molecular formula is C16H15NO2. The molecule has 1 aliphatic rings. The number of hydrogen-bond acceptors (Lipinski definition) is 2. The van der Waals surface area contributed by atoms with Crippen LogP contribution in [0.4, 0.5) is 5.69 Å². The number of carbonyl (C=O) groups is 1. The topological polar surface area (TPSA) is 29.5 Å². The van der Waals surface area contributed by atoms with Crippen LogP contribution in [0.15, 0.2) is 54.6 Å². The monoisotopic (exact) mass is 253 g/mol. The van der Waals surface area contributed by atoms with Gasteiger partial charge < -0.3 is 9.64 Å². The summed E-state index contributed by atoms with van der Waals surface area (Å²) in [5.74, 6) is 0.973. The molecule has 2 aromatic rings. The highest BCUT2D eigenvalue weighted by atomic mass is 16.5. The fraction of sp³-hybridized carbons (Fsp3) is 0.188. The van der Waals surface area contributed by atoms with Crippen molar-refractivity contribution >= 4 is 11.6 Å². The number of β-lactam (4-membered cyclic amide) rings is 1. The number of nitrogens with zero attached hydrogens (tertiary/aromatic N) is 1. The standard InChI is InChI=1S/C16H15NO2/c18-16-9-10-17(16)14-7-4-8-15(11-14)19-12-13-5-2-1-3-6-13/h1-8,11H,9-10,12H2. The molecule has 1 saturated heterocycles. The smallest absolute Gasteiger partial charge is 0.228 e. The Morgan fingerprint density at radius 1 is 1.05 bits per heavy atom. The molecule has 1 amide bonds. The summed E-state index contributed by atoms with van der Waals surface area (Å²) in [7, 11) is 0. The van der Waals surface area contributed by atoms with Gasteiger partial charge in [-0.2, -0.15) is 0 Å². The van der Waals surface area contributed by atoms with Gasteiger partial charge in [-0.3, -0.25) is 4.79 Å². The van der Waals surface area contributed by atoms with E-state index in [0.29, 0.717) is 13.0 Å². The number of anilines is 1. The Morgan fingerprint density at radius 2 is 1.89 bits per heavy atom. The quantitative estimate of drug-likeness (QED) is 0.784. The molecule has 19 heavy (non-hydrogen) atoms. The molecule has 1 heterocycles. The fourth-order valence-corrected chi connectivity index (χ4v) is 2.07. The molecule has 0 N–H and O–H groups in total. The highest BCUT2D eigenvalue weighted by Gasteiger charge is 2.25. The summed E-state index contributed by atoms with van der Waals surface area (Å²) < 4.78 is 5.75. The Morgan fingerprint density at radius 3 is 2.58 bits per heavy atom. The zero-order valence-electron chi connectivity index (χ0n) is 10.6. The van der Waals surface area contributed by atoms with Crippen molar-refractivity contribution in [2.75, 3.05) is 11.4 Å². The summed E-state index contributed by atoms with van der Waals surface area (Å²) in [6.07, 6.45) is 0.648. The molecule has 96 valence electrons. The van der Waals surface area contributed by atoms with Crippen LogP contribution in [0.2, 0.25) is 0 Å². The number of amides is 1. The number of ether oxygens (including phenoxy) is 1. The molecule has 1 fully saturated rings. The van der Waals surface area contributed by atoms with Crippen LogP contribution >= 0.6 is 0 Å². The van der Waals surface area contributed by atoms with Crippen LogP contribution in [0.25, 0.3) is 0 Å². The molecule has 0 unspecified atom stereocenters. The minimum atomic E-state index is 0.181. The molecule has 0 aromatic heterocycles. The maximum Gasteiger partial charge on any atom is 0.228 e. The van der Waals surface area contributed by atoms with E-state index in [1.165, 1.54) is 0 Å². The summed E-state index contributed by atoms with van der Waals surface area (Å²) in [5.41, 5.74) is 2.05. The molecular weight excluding hydrogens is 238 g/mol. The first kappa shape index (κ1) is 11.8. The molecule has 1 aliphatic heterocycles. The van der Waals surface area contributed by atoms with Crippen molar-refractivity contribution in [3.8, 4) is 5.75 Å². The first-order valence-corrected chi connectivity index (χ1v) is 6.40. The largest absolute Gasteiger partial charge is 0.489 e. The molecule has 0 aliphatic carbocycles. The minimum absolute atomic E-state index is 0.181. The van der Waals surface area contributed by atoms with E-state index in [4.69, 9.17) is 4.74 Å². The zero-order chi connectivity index (χ0) is 13.1. The average Bonchev–Trinajstić information content (AvgIpc) is 2.45. The van der Waals surface area contributed by atoms with E-state index in [0.717, 1.165) is 23.5 Å². The molecule has 0 spiro atoms. The summed E-state index contributed by atoms with van der Waals surface area (Å²) in [6, 6.07) is 17.7. The van der Waals surface area contributed by atoms with Crippen molar-refractivity contribution in [1.29, 1.82) is 0 Å². The van der Waals surface area contributed by atoms with Crippen molar-refractivity contribution < 1.29 is 9.53 Å². The van der Waals surface area contributed by atoms with E-state index in [1.54, 1.807) is 4.90 Å². The number of hydrogen-bond donors (Lipinski definition) is 0. The average molecular weight is 253 g/mol. The fourth-order valence-electron chi connectivity index (χ4n) is 2.07. The van der Waals surface area contributed by atoms with Gasteiger partial charge in [0.15, 0.2) is 0 Å². The van der Waals surface area contributed by atoms with Crippen LogP contribution in [0.5, 0.6) is 5.75 Å². The summed E-state index contributed by atoms with van der Waals surface area (Å²) in [4.78, 5) is 13.2. The summed E-state index contributed by atoms with van der Waals surface area (Å²) in [6.45, 7) is 1.35. The lowest BCUT2D eigenvalue weighted by atomic mass is 10.1. The third-order valence-electron chi connectivity index (χ3n) is 3.23. The second-order valence-corrected chi connectivity index (χ2v) is 4.57. The number of rotatable bonds is 4. The lowest BCUT2D eigenvalue weighted by Gasteiger charge is -2.30. The van der Waals surface area contributed by atoms with Crippen molar-refractivity contribution in [2.24, 2.45) is 0 Å². The van der Waals surface area contributed by atoms with Crippen LogP contribution in [0, 0.1) is 0 Å². The molecule has 0 saturated carbocycles. The zero-order valence-corrected chi connectivity index (χ0v) is 10.6. The first-order valence-electron chi connectivity index (χ1n) is 6.40. The van der Waals surface area contributed by atoms with Gasteiger partial charge in [-0.05, 0) is 17.7 Å². The van der Waals surface area contributed by atoms with Crippen molar-refractivity contribution in [3.63, 3.8) is 0 Å². The maximum absolute atomic E-state index is 11.4. The van der Waals surface area contributed by atoms with Gasteiger partial charge in [0, 0.05) is 24.7 Å². The van der Waals surface area contributed by atoms with Gasteiger partial charge in [-0.15, -0.1) is 0 Å². The van der Waals surface area contributed by atoms with Gasteiger partial charge in [0.05, 0.1) is 0 Å². The SMILES string of the molecule is O=C1CCN1c1cccc(OCc2ccccc2)c1. The van der Waals surface area contributed by atoms with Gasteiger partial charge >= 0.3 is 0 Å². The molecule has 3 nitrogen and oxygen atoms in total. The van der Waals surface area contributed by atoms with Crippen LogP contribution < -0.4 is 9.64 Å². The van der Waals surface area contributed by atoms with E-state index >= 15 is 0 Å². The predicted molar refractivity (Wildman–Crippen MR) is 74.2 cm³/mol. The van der Waals surface area contributed by atoms with Gasteiger partial charge in [0.25, 0.3) is 0 Å². The molecule has 2 aromatic carbocycles. The van der Waals surface area contributed by atoms with Gasteiger partial charge in [0.1, 0.15) is 12.4 Å². The van der Waals surface area contributed by atoms with Crippen LogP contribution in [0.1, 0.15) is 12.0 Å². The molecule has 3 rings (SSSR count). The Labute approximate surface area is 112 Å². The van der Waals surface area contributed by atoms with E-state index in [1.807, 2.05) is 54.6 Å². The maximum atomic E-state index is 11.4. The summed E-state index contributed by atoms with van der Waals surface area (Å²) in [5, 5.41) is 0. The third kappa shape index (κ3) is 2.60. The van der Waals surface area contributed by atoms with Crippen molar-refractivity contribution in [3.05, 3.63) is 60.2 Å². The van der Waals surface area contributed by atoms with E-state index in [9.17, 15) is 4.79 Å². The Hall–Kier alpha value is -2.29. The normalized spacial score (nSPS) is 14.1. The molecule has 0 atom stereocenters. The van der Waals surface area contributed by atoms with Gasteiger partial charge in [-0.25, -0.2) is 0 Å². The molecule has 0 radical (unpaired) electrons. The van der Waals surface area contributed by atoms with Crippen molar-refractivity contribution in [2.45, 2.75) is 13.0 Å². The van der Waals surface area contributed by atoms with Gasteiger partial charge in [-0.1, -0.05) is 36.4 Å². The highest BCUT2D eigenvalue weighted by Crippen LogP contribution is 2.26. The summed E-state index contributed by atoms with van der Waals surface area (Å²) >= 11 is 0. The van der Waals surface area contributed by atoms with E-state index in [2.05, 4.69) is 0 Å². The molecule has 3 heteroatoms. The van der Waals surface area contributed by atoms with E-state index < -0.39 is 0 Å². The van der Waals surface area contributed by atoms with Crippen LogP contribution in [-0.4, -0.2) is 12.5 Å². The third-order valence-corrected chi connectivity index (χ3v) is 3.23. The lowest BCUT2D eigenvalue weighted by Crippen LogP contribution is -2.43. The van der Waals surface area contributed by atoms with Gasteiger partial charge in [0.2, 0.25) is 5.91 Å². The Bertz CT molecular complexity index is 580. The lowest BCUT2D eigenvalue weighted by molar-refractivity contribution is -0.122. The minimum Gasteiger partial charge on any atom is -0.489 e. The Kier molecular flexibility index (Phi) is 3.19. The van der Waals surface area contributed by atoms with E-state index in [-0.39, 0.29) is 5.91 Å². The van der Waals surface area contributed by atoms with Crippen LogP contribution in [-0.2, 0) is 11.4 Å². The molecule has 0 bridgehead atoms. The first-order chi connectivity index (χ1) is 9.33. The predicted octanol–water partition coefficient (Wildman–Crippen LogP) is 3.00. The number of carbonyl (C=O) groups excluding carboxylic acids is 1. The van der Waals surface area contributed by atoms with Crippen LogP contribution in [0.3, 0.4) is 0 Å². The number of benzene rings is 2. The second kappa shape index (κ2) is 5.14.